The maximum absolute atomic E-state index is 5.91. The van der Waals surface area contributed by atoms with Gasteiger partial charge in [-0.25, -0.2) is 0 Å². The zero-order valence-electron chi connectivity index (χ0n) is 5.46. The van der Waals surface area contributed by atoms with Crippen molar-refractivity contribution in [2.24, 2.45) is 0 Å². The quantitative estimate of drug-likeness (QED) is 0.682. The van der Waals surface area contributed by atoms with Gasteiger partial charge in [0.05, 0.1) is 32.9 Å². The fourth-order valence-electron chi connectivity index (χ4n) is 1.00. The van der Waals surface area contributed by atoms with Gasteiger partial charge < -0.3 is 0 Å². The van der Waals surface area contributed by atoms with Crippen molar-refractivity contribution in [2.75, 3.05) is 0 Å². The fraction of sp³-hybridized carbons (Fsp3) is 0. The van der Waals surface area contributed by atoms with Crippen LogP contribution in [0.4, 0.5) is 0 Å². The minimum Gasteiger partial charge on any atom is -0.196 e. The van der Waals surface area contributed by atoms with Crippen molar-refractivity contribution in [3.05, 3.63) is 29.4 Å². The Morgan fingerprint density at radius 2 is 2.27 bits per heavy atom. The molecule has 1 heterocycles. The number of hydrogen-bond acceptors (Lipinski definition) is 1. The van der Waals surface area contributed by atoms with Crippen molar-refractivity contribution < 1.29 is 0 Å². The Bertz CT molecular complexity index is 396. The zero-order valence-corrected chi connectivity index (χ0v) is 7.80. The van der Waals surface area contributed by atoms with E-state index in [1.54, 1.807) is 9.90 Å². The molecule has 0 aliphatic carbocycles. The summed E-state index contributed by atoms with van der Waals surface area (Å²) >= 11 is 9.15. The first-order valence-corrected chi connectivity index (χ1v) is 4.16. The molecule has 11 heavy (non-hydrogen) atoms. The molecule has 0 radical (unpaired) electrons. The number of hydrogen-bond donors (Lipinski definition) is 0. The molecular weight excluding hydrogens is 227 g/mol. The fourth-order valence-corrected chi connectivity index (χ4v) is 1.85. The predicted molar refractivity (Wildman–Crippen MR) is 49.1 cm³/mol. The van der Waals surface area contributed by atoms with Gasteiger partial charge in [0, 0.05) is 5.39 Å². The molecule has 0 aliphatic heterocycles. The zero-order chi connectivity index (χ0) is 7.84. The Balaban J connectivity index is 2.96. The van der Waals surface area contributed by atoms with Crippen molar-refractivity contribution in [3.8, 4) is 0 Å². The largest absolute Gasteiger partial charge is 0.196 e. The second-order valence-electron chi connectivity index (χ2n) is 2.18. The average molecular weight is 231 g/mol. The van der Waals surface area contributed by atoms with Crippen LogP contribution >= 0.6 is 27.7 Å². The summed E-state index contributed by atoms with van der Waals surface area (Å²) in [6.45, 7) is 0. The molecule has 56 valence electrons. The third kappa shape index (κ3) is 1.04. The molecule has 0 aliphatic rings. The van der Waals surface area contributed by atoms with Crippen molar-refractivity contribution >= 4 is 38.7 Å². The second-order valence-corrected chi connectivity index (χ2v) is 3.26. The number of benzene rings is 1. The van der Waals surface area contributed by atoms with Crippen LogP contribution in [0, 0.1) is 0 Å². The van der Waals surface area contributed by atoms with Crippen molar-refractivity contribution in [2.45, 2.75) is 0 Å². The van der Waals surface area contributed by atoms with Gasteiger partial charge in [-0.15, -0.1) is 0 Å². The summed E-state index contributed by atoms with van der Waals surface area (Å²) < 4.78 is 1.59. The Labute approximate surface area is 77.1 Å². The van der Waals surface area contributed by atoms with Crippen LogP contribution in [0.5, 0.6) is 0 Å². The van der Waals surface area contributed by atoms with Crippen LogP contribution in [0.3, 0.4) is 0 Å². The van der Waals surface area contributed by atoms with Gasteiger partial charge >= 0.3 is 0 Å². The van der Waals surface area contributed by atoms with Gasteiger partial charge in [-0.2, -0.15) is 8.81 Å². The van der Waals surface area contributed by atoms with E-state index in [9.17, 15) is 0 Å². The van der Waals surface area contributed by atoms with E-state index in [0.717, 1.165) is 10.9 Å². The highest BCUT2D eigenvalue weighted by Gasteiger charge is 2.02. The molecule has 0 spiro atoms. The monoisotopic (exact) mass is 230 g/mol. The number of nitrogens with zero attached hydrogens (tertiary/aromatic N) is 2. The molecule has 0 saturated carbocycles. The Morgan fingerprint density at radius 3 is 3.00 bits per heavy atom. The summed E-state index contributed by atoms with van der Waals surface area (Å²) in [4.78, 5) is 0. The molecule has 0 N–H and O–H groups in total. The molecule has 0 saturated heterocycles. The first kappa shape index (κ1) is 7.13. The normalized spacial score (nSPS) is 10.7. The first-order chi connectivity index (χ1) is 5.29. The van der Waals surface area contributed by atoms with Crippen molar-refractivity contribution in [1.82, 2.24) is 8.81 Å². The van der Waals surface area contributed by atoms with Crippen LogP contribution in [-0.2, 0) is 0 Å². The van der Waals surface area contributed by atoms with E-state index in [-0.39, 0.29) is 0 Å². The van der Waals surface area contributed by atoms with Crippen LogP contribution in [0.1, 0.15) is 0 Å². The van der Waals surface area contributed by atoms with E-state index in [2.05, 4.69) is 21.2 Å². The molecule has 0 unspecified atom stereocenters. The SMILES string of the molecule is Clc1cccc2cnn(Br)c12. The predicted octanol–water partition coefficient (Wildman–Crippen LogP) is 2.85. The van der Waals surface area contributed by atoms with Gasteiger partial charge in [0.2, 0.25) is 0 Å². The summed E-state index contributed by atoms with van der Waals surface area (Å²) in [7, 11) is 0. The average Bonchev–Trinajstić information content (AvgIpc) is 2.34. The van der Waals surface area contributed by atoms with Gasteiger partial charge in [0.15, 0.2) is 0 Å². The van der Waals surface area contributed by atoms with Gasteiger partial charge in [-0.05, 0) is 6.07 Å². The van der Waals surface area contributed by atoms with Crippen LogP contribution < -0.4 is 0 Å². The molecule has 0 bridgehead atoms. The molecule has 1 aromatic carbocycles. The van der Waals surface area contributed by atoms with Gasteiger partial charge in [-0.3, -0.25) is 0 Å². The molecule has 2 aromatic rings. The lowest BCUT2D eigenvalue weighted by molar-refractivity contribution is 1.06. The summed E-state index contributed by atoms with van der Waals surface area (Å²) in [6, 6.07) is 5.70. The number of para-hydroxylation sites is 1. The number of fused-ring (bicyclic) bond motifs is 1. The summed E-state index contributed by atoms with van der Waals surface area (Å²) in [5.74, 6) is 0. The second kappa shape index (κ2) is 2.50. The van der Waals surface area contributed by atoms with Crippen LogP contribution in [0.15, 0.2) is 24.4 Å². The lowest BCUT2D eigenvalue weighted by Crippen LogP contribution is -1.79. The van der Waals surface area contributed by atoms with Crippen LogP contribution in [0.2, 0.25) is 5.02 Å². The van der Waals surface area contributed by atoms with E-state index in [1.165, 1.54) is 0 Å². The highest BCUT2D eigenvalue weighted by atomic mass is 79.9. The van der Waals surface area contributed by atoms with Gasteiger partial charge in [0.1, 0.15) is 0 Å². The molecular formula is C7H4BrClN2. The first-order valence-electron chi connectivity index (χ1n) is 3.07. The summed E-state index contributed by atoms with van der Waals surface area (Å²) in [5, 5.41) is 5.75. The van der Waals surface area contributed by atoms with E-state index in [4.69, 9.17) is 11.6 Å². The van der Waals surface area contributed by atoms with E-state index < -0.39 is 0 Å². The molecule has 4 heteroatoms. The number of aromatic nitrogens is 2. The molecule has 0 amide bonds. The van der Waals surface area contributed by atoms with Crippen molar-refractivity contribution in [1.29, 1.82) is 0 Å². The number of rotatable bonds is 0. The van der Waals surface area contributed by atoms with E-state index >= 15 is 0 Å². The maximum Gasteiger partial charge on any atom is 0.0999 e. The third-order valence-electron chi connectivity index (χ3n) is 1.50. The Hall–Kier alpha value is -0.540. The lowest BCUT2D eigenvalue weighted by atomic mass is 10.3. The van der Waals surface area contributed by atoms with Crippen LogP contribution in [-0.4, -0.2) is 8.81 Å². The van der Waals surface area contributed by atoms with Gasteiger partial charge in [-0.1, -0.05) is 23.7 Å². The van der Waals surface area contributed by atoms with Gasteiger partial charge in [0.25, 0.3) is 0 Å². The topological polar surface area (TPSA) is 17.8 Å². The molecule has 0 fully saturated rings. The summed E-state index contributed by atoms with van der Waals surface area (Å²) in [5.41, 5.74) is 0.911. The Morgan fingerprint density at radius 1 is 1.45 bits per heavy atom. The van der Waals surface area contributed by atoms with Crippen molar-refractivity contribution in [3.63, 3.8) is 0 Å². The minimum absolute atomic E-state index is 0.705. The lowest BCUT2D eigenvalue weighted by Gasteiger charge is -1.93. The molecule has 2 rings (SSSR count). The number of halogens is 2. The smallest absolute Gasteiger partial charge is 0.0999 e. The molecule has 2 nitrogen and oxygen atoms in total. The third-order valence-corrected chi connectivity index (χ3v) is 2.34. The van der Waals surface area contributed by atoms with E-state index in [0.29, 0.717) is 5.02 Å². The minimum atomic E-state index is 0.705. The summed E-state index contributed by atoms with van der Waals surface area (Å²) in [6.07, 6.45) is 1.76. The molecule has 1 aromatic heterocycles. The van der Waals surface area contributed by atoms with Crippen LogP contribution in [0.25, 0.3) is 10.9 Å². The maximum atomic E-state index is 5.91. The molecule has 0 atom stereocenters. The standard InChI is InChI=1S/C7H4BrClN2/c8-11-7-5(4-10-11)2-1-3-6(7)9/h1-4H. The highest BCUT2D eigenvalue weighted by Crippen LogP contribution is 2.23. The van der Waals surface area contributed by atoms with E-state index in [1.807, 2.05) is 18.2 Å². The highest BCUT2D eigenvalue weighted by molar-refractivity contribution is 9.08. The Kier molecular flexibility index (Phi) is 1.62.